The summed E-state index contributed by atoms with van der Waals surface area (Å²) in [6.45, 7) is 6.20. The molecule has 0 aliphatic carbocycles. The van der Waals surface area contributed by atoms with E-state index in [1.807, 2.05) is 18.2 Å². The van der Waals surface area contributed by atoms with Gasteiger partial charge in [0.1, 0.15) is 13.2 Å². The summed E-state index contributed by atoms with van der Waals surface area (Å²) in [6.07, 6.45) is 78.1. The highest BCUT2D eigenvalue weighted by Gasteiger charge is 2.19. The highest BCUT2D eigenvalue weighted by molar-refractivity contribution is 5.71. The van der Waals surface area contributed by atoms with Crippen molar-refractivity contribution in [1.29, 1.82) is 0 Å². The zero-order valence-corrected chi connectivity index (χ0v) is 42.3. The molecule has 0 aliphatic rings. The second-order valence-electron chi connectivity index (χ2n) is 16.4. The molecular formula is C61H92O6. The smallest absolute Gasteiger partial charge is 0.306 e. The zero-order chi connectivity index (χ0) is 48.6. The minimum absolute atomic E-state index is 0.142. The van der Waals surface area contributed by atoms with Crippen LogP contribution in [-0.4, -0.2) is 37.2 Å². The summed E-state index contributed by atoms with van der Waals surface area (Å²) in [5.74, 6) is -1.12. The topological polar surface area (TPSA) is 78.9 Å². The molecule has 0 saturated carbocycles. The fourth-order valence-electron chi connectivity index (χ4n) is 6.22. The van der Waals surface area contributed by atoms with Gasteiger partial charge in [-0.25, -0.2) is 0 Å². The van der Waals surface area contributed by atoms with E-state index in [9.17, 15) is 14.4 Å². The molecule has 67 heavy (non-hydrogen) atoms. The first-order valence-electron chi connectivity index (χ1n) is 26.0. The third-order valence-corrected chi connectivity index (χ3v) is 10.1. The van der Waals surface area contributed by atoms with Crippen LogP contribution >= 0.6 is 0 Å². The number of rotatable bonds is 44. The fraction of sp³-hybridized carbons (Fsp3) is 0.525. The maximum absolute atomic E-state index is 12.8. The van der Waals surface area contributed by atoms with E-state index in [1.54, 1.807) is 0 Å². The number of allylic oxidation sites excluding steroid dienone is 26. The van der Waals surface area contributed by atoms with Gasteiger partial charge in [0.2, 0.25) is 0 Å². The van der Waals surface area contributed by atoms with Crippen LogP contribution in [0.4, 0.5) is 0 Å². The van der Waals surface area contributed by atoms with Gasteiger partial charge in [-0.05, 0) is 116 Å². The molecule has 6 nitrogen and oxygen atoms in total. The van der Waals surface area contributed by atoms with Gasteiger partial charge in [-0.1, -0.05) is 211 Å². The lowest BCUT2D eigenvalue weighted by Gasteiger charge is -2.18. The fourth-order valence-corrected chi connectivity index (χ4v) is 6.22. The number of esters is 3. The third kappa shape index (κ3) is 51.9. The number of hydrogen-bond acceptors (Lipinski definition) is 6. The molecule has 6 heteroatoms. The van der Waals surface area contributed by atoms with Crippen molar-refractivity contribution in [2.45, 2.75) is 194 Å². The number of carbonyl (C=O) groups is 3. The Bertz CT molecular complexity index is 1570. The molecule has 372 valence electrons. The molecule has 0 rings (SSSR count). The van der Waals surface area contributed by atoms with Gasteiger partial charge in [0.15, 0.2) is 6.10 Å². The van der Waals surface area contributed by atoms with Crippen molar-refractivity contribution in [2.75, 3.05) is 13.2 Å². The maximum atomic E-state index is 12.8. The van der Waals surface area contributed by atoms with Gasteiger partial charge in [-0.2, -0.15) is 0 Å². The summed E-state index contributed by atoms with van der Waals surface area (Å²) in [5.41, 5.74) is 0. The maximum Gasteiger partial charge on any atom is 0.306 e. The lowest BCUT2D eigenvalue weighted by Crippen LogP contribution is -2.30. The summed E-state index contributed by atoms with van der Waals surface area (Å²) < 4.78 is 16.7. The van der Waals surface area contributed by atoms with Crippen molar-refractivity contribution in [3.8, 4) is 0 Å². The molecule has 0 heterocycles. The Balaban J connectivity index is 4.65. The van der Waals surface area contributed by atoms with E-state index in [-0.39, 0.29) is 38.0 Å². The molecular weight excluding hydrogens is 829 g/mol. The van der Waals surface area contributed by atoms with Gasteiger partial charge >= 0.3 is 17.9 Å². The Labute approximate surface area is 409 Å². The third-order valence-electron chi connectivity index (χ3n) is 10.1. The molecule has 0 N–H and O–H groups in total. The summed E-state index contributed by atoms with van der Waals surface area (Å²) >= 11 is 0. The summed E-state index contributed by atoms with van der Waals surface area (Å²) in [5, 5.41) is 0. The summed E-state index contributed by atoms with van der Waals surface area (Å²) in [6, 6.07) is 0. The molecule has 0 spiro atoms. The second-order valence-corrected chi connectivity index (χ2v) is 16.4. The molecule has 0 amide bonds. The van der Waals surface area contributed by atoms with Crippen LogP contribution in [-0.2, 0) is 28.6 Å². The van der Waals surface area contributed by atoms with Crippen molar-refractivity contribution in [1.82, 2.24) is 0 Å². The van der Waals surface area contributed by atoms with E-state index >= 15 is 0 Å². The first-order chi connectivity index (χ1) is 33.0. The molecule has 0 radical (unpaired) electrons. The van der Waals surface area contributed by atoms with Gasteiger partial charge in [0.05, 0.1) is 0 Å². The second kappa shape index (κ2) is 53.6. The van der Waals surface area contributed by atoms with Gasteiger partial charge in [-0.3, -0.25) is 14.4 Å². The van der Waals surface area contributed by atoms with Crippen LogP contribution in [0, 0.1) is 0 Å². The lowest BCUT2D eigenvalue weighted by atomic mass is 10.1. The first-order valence-corrected chi connectivity index (χ1v) is 26.0. The van der Waals surface area contributed by atoms with Crippen LogP contribution in [0.3, 0.4) is 0 Å². The quantitative estimate of drug-likeness (QED) is 0.0199. The summed E-state index contributed by atoms with van der Waals surface area (Å²) in [4.78, 5) is 38.0. The average Bonchev–Trinajstić information content (AvgIpc) is 3.33. The van der Waals surface area contributed by atoms with Crippen molar-refractivity contribution in [3.05, 3.63) is 158 Å². The van der Waals surface area contributed by atoms with Crippen LogP contribution < -0.4 is 0 Å². The van der Waals surface area contributed by atoms with Crippen molar-refractivity contribution in [2.24, 2.45) is 0 Å². The molecule has 0 aromatic rings. The minimum Gasteiger partial charge on any atom is -0.462 e. The van der Waals surface area contributed by atoms with E-state index in [0.717, 1.165) is 109 Å². The average molecular weight is 921 g/mol. The van der Waals surface area contributed by atoms with Gasteiger partial charge in [0, 0.05) is 19.3 Å². The largest absolute Gasteiger partial charge is 0.462 e. The molecule has 0 aromatic heterocycles. The standard InChI is InChI=1S/C61H92O6/c1-4-7-10-13-16-19-22-25-27-29-30-32-33-36-39-42-45-48-51-54-60(63)66-57-58(56-65-59(62)53-50-47-44-41-38-35-24-21-18-15-12-9-6-3)67-61(64)55-52-49-46-43-40-37-34-31-28-26-23-20-17-14-11-8-5-2/h7,9-10,12,15-21,24-28,30,32,34,36-37,39,43,45-46,48,58H,4-6,8,11,13-14,22-23,29,31,33,35,38,40-42,44,47,49-57H2,1-3H3/b10-7-,12-9-,18-15-,19-16-,20-17-,24-21-,27-25-,28-26-,32-30-,37-34-,39-36-,46-43-,48-45-. The Morgan fingerprint density at radius 2 is 0.701 bits per heavy atom. The number of carbonyl (C=O) groups excluding carboxylic acids is 3. The van der Waals surface area contributed by atoms with Crippen LogP contribution in [0.1, 0.15) is 188 Å². The predicted molar refractivity (Wildman–Crippen MR) is 288 cm³/mol. The molecule has 1 unspecified atom stereocenters. The first kappa shape index (κ1) is 62.0. The van der Waals surface area contributed by atoms with Crippen LogP contribution in [0.2, 0.25) is 0 Å². The zero-order valence-electron chi connectivity index (χ0n) is 42.3. The van der Waals surface area contributed by atoms with E-state index in [4.69, 9.17) is 14.2 Å². The predicted octanol–water partition coefficient (Wildman–Crippen LogP) is 17.4. The summed E-state index contributed by atoms with van der Waals surface area (Å²) in [7, 11) is 0. The SMILES string of the molecule is CC\C=C/C=C\C=C/CCCCCCCC(=O)OCC(COC(=O)CC/C=C\C/C=C\C/C=C\C/C=C\C/C=C\C/C=C\CC)OC(=O)CCC/C=C\C/C=C\C/C=C\C/C=C\CCCCC. The van der Waals surface area contributed by atoms with Crippen LogP contribution in [0.25, 0.3) is 0 Å². The minimum atomic E-state index is -0.853. The van der Waals surface area contributed by atoms with E-state index < -0.39 is 12.1 Å². The number of ether oxygens (including phenoxy) is 3. The molecule has 0 fully saturated rings. The van der Waals surface area contributed by atoms with Crippen LogP contribution in [0.5, 0.6) is 0 Å². The molecule has 0 aliphatic heterocycles. The molecule has 1 atom stereocenters. The molecule has 0 aromatic carbocycles. The van der Waals surface area contributed by atoms with Crippen molar-refractivity contribution < 1.29 is 28.6 Å². The Morgan fingerprint density at radius 3 is 1.21 bits per heavy atom. The Morgan fingerprint density at radius 1 is 0.328 bits per heavy atom. The van der Waals surface area contributed by atoms with Gasteiger partial charge in [0.25, 0.3) is 0 Å². The van der Waals surface area contributed by atoms with Gasteiger partial charge in [-0.15, -0.1) is 0 Å². The number of hydrogen-bond donors (Lipinski definition) is 0. The highest BCUT2D eigenvalue weighted by Crippen LogP contribution is 2.11. The Kier molecular flexibility index (Phi) is 49.7. The normalized spacial score (nSPS) is 13.4. The lowest BCUT2D eigenvalue weighted by molar-refractivity contribution is -0.166. The highest BCUT2D eigenvalue weighted by atomic mass is 16.6. The molecule has 0 bridgehead atoms. The Hall–Kier alpha value is -4.97. The number of unbranched alkanes of at least 4 members (excludes halogenated alkanes) is 9. The van der Waals surface area contributed by atoms with E-state index in [1.165, 1.54) is 25.7 Å². The van der Waals surface area contributed by atoms with Gasteiger partial charge < -0.3 is 14.2 Å². The van der Waals surface area contributed by atoms with Crippen molar-refractivity contribution in [3.63, 3.8) is 0 Å². The molecule has 0 saturated heterocycles. The van der Waals surface area contributed by atoms with Crippen molar-refractivity contribution >= 4 is 17.9 Å². The van der Waals surface area contributed by atoms with E-state index in [2.05, 4.69) is 161 Å². The van der Waals surface area contributed by atoms with Crippen LogP contribution in [0.15, 0.2) is 158 Å². The monoisotopic (exact) mass is 921 g/mol. The van der Waals surface area contributed by atoms with E-state index in [0.29, 0.717) is 19.3 Å².